The lowest BCUT2D eigenvalue weighted by molar-refractivity contribution is 0.367. The summed E-state index contributed by atoms with van der Waals surface area (Å²) >= 11 is 0. The van der Waals surface area contributed by atoms with Gasteiger partial charge < -0.3 is 10.2 Å². The second-order valence-corrected chi connectivity index (χ2v) is 10.3. The maximum atomic E-state index is 14.8. The van der Waals surface area contributed by atoms with E-state index in [9.17, 15) is 12.8 Å². The summed E-state index contributed by atoms with van der Waals surface area (Å²) in [6.07, 6.45) is 6.40. The van der Waals surface area contributed by atoms with Gasteiger partial charge in [-0.05, 0) is 63.9 Å². The molecule has 0 unspecified atom stereocenters. The van der Waals surface area contributed by atoms with E-state index in [1.807, 2.05) is 0 Å². The molecule has 31 heavy (non-hydrogen) atoms. The molecule has 0 saturated carbocycles. The van der Waals surface area contributed by atoms with Crippen LogP contribution in [0, 0.1) is 11.7 Å². The first-order chi connectivity index (χ1) is 14.8. The molecule has 1 aliphatic rings. The van der Waals surface area contributed by atoms with Gasteiger partial charge in [0, 0.05) is 18.8 Å². The maximum absolute atomic E-state index is 14.8. The lowest BCUT2D eigenvalue weighted by Gasteiger charge is -2.33. The minimum absolute atomic E-state index is 0.0755. The van der Waals surface area contributed by atoms with Crippen LogP contribution in [0.15, 0.2) is 35.6 Å². The van der Waals surface area contributed by atoms with E-state index in [0.29, 0.717) is 11.6 Å². The summed E-state index contributed by atoms with van der Waals surface area (Å²) in [5.41, 5.74) is 0.619. The van der Waals surface area contributed by atoms with Gasteiger partial charge in [-0.2, -0.15) is 5.10 Å². The number of benzene rings is 1. The van der Waals surface area contributed by atoms with Crippen LogP contribution in [0.2, 0.25) is 0 Å². The van der Waals surface area contributed by atoms with Crippen molar-refractivity contribution >= 4 is 26.7 Å². The first-order valence-corrected chi connectivity index (χ1v) is 12.3. The number of halogens is 1. The Morgan fingerprint density at radius 3 is 2.65 bits per heavy atom. The van der Waals surface area contributed by atoms with Crippen LogP contribution in [0.4, 0.5) is 10.2 Å². The van der Waals surface area contributed by atoms with Crippen molar-refractivity contribution in [3.63, 3.8) is 0 Å². The first kappa shape index (κ1) is 21.6. The van der Waals surface area contributed by atoms with Crippen LogP contribution in [-0.2, 0) is 9.84 Å². The van der Waals surface area contributed by atoms with E-state index in [4.69, 9.17) is 0 Å². The van der Waals surface area contributed by atoms with Crippen molar-refractivity contribution in [1.82, 2.24) is 25.1 Å². The molecular formula is C21H27FN6O2S. The topological polar surface area (TPSA) is 93.0 Å². The zero-order chi connectivity index (χ0) is 22.2. The Labute approximate surface area is 181 Å². The zero-order valence-electron chi connectivity index (χ0n) is 17.9. The number of nitrogens with zero attached hydrogens (tertiary/aromatic N) is 5. The van der Waals surface area contributed by atoms with Gasteiger partial charge in [-0.1, -0.05) is 0 Å². The molecule has 0 radical (unpaired) electrons. The van der Waals surface area contributed by atoms with Crippen LogP contribution in [0.1, 0.15) is 26.7 Å². The monoisotopic (exact) mass is 446 g/mol. The SMILES string of the molecule is CC(C)N(CC1CCNCC1)c1ncnc2c1cnn2-c1ccc(S(C)(=O)=O)cc1F. The smallest absolute Gasteiger partial charge is 0.175 e. The number of rotatable bonds is 6. The predicted molar refractivity (Wildman–Crippen MR) is 118 cm³/mol. The predicted octanol–water partition coefficient (Wildman–Crippen LogP) is 2.57. The van der Waals surface area contributed by atoms with Crippen LogP contribution in [-0.4, -0.2) is 60.1 Å². The number of fused-ring (bicyclic) bond motifs is 1. The minimum Gasteiger partial charge on any atom is -0.353 e. The van der Waals surface area contributed by atoms with Gasteiger partial charge in [-0.25, -0.2) is 27.5 Å². The van der Waals surface area contributed by atoms with Gasteiger partial charge in [0.15, 0.2) is 15.5 Å². The van der Waals surface area contributed by atoms with Gasteiger partial charge in [-0.15, -0.1) is 0 Å². The average Bonchev–Trinajstić information content (AvgIpc) is 3.16. The highest BCUT2D eigenvalue weighted by molar-refractivity contribution is 7.90. The Morgan fingerprint density at radius 2 is 2.00 bits per heavy atom. The Hall–Kier alpha value is -2.59. The lowest BCUT2D eigenvalue weighted by Crippen LogP contribution is -2.40. The molecule has 1 aromatic carbocycles. The number of piperidine rings is 1. The molecule has 4 rings (SSSR count). The van der Waals surface area contributed by atoms with Gasteiger partial charge >= 0.3 is 0 Å². The Bertz CT molecular complexity index is 1190. The van der Waals surface area contributed by atoms with Crippen molar-refractivity contribution in [2.45, 2.75) is 37.6 Å². The zero-order valence-corrected chi connectivity index (χ0v) is 18.7. The molecule has 166 valence electrons. The summed E-state index contributed by atoms with van der Waals surface area (Å²) in [6.45, 7) is 7.19. The van der Waals surface area contributed by atoms with E-state index in [-0.39, 0.29) is 16.6 Å². The number of anilines is 1. The highest BCUT2D eigenvalue weighted by Gasteiger charge is 2.24. The third kappa shape index (κ3) is 4.40. The molecule has 1 fully saturated rings. The molecule has 0 bridgehead atoms. The van der Waals surface area contributed by atoms with Crippen LogP contribution >= 0.6 is 0 Å². The second-order valence-electron chi connectivity index (χ2n) is 8.32. The molecule has 1 N–H and O–H groups in total. The van der Waals surface area contributed by atoms with E-state index in [0.717, 1.165) is 56.0 Å². The number of sulfone groups is 1. The Kier molecular flexibility index (Phi) is 5.94. The fourth-order valence-corrected chi connectivity index (χ4v) is 4.64. The molecule has 1 aliphatic heterocycles. The number of nitrogens with one attached hydrogen (secondary N) is 1. The fourth-order valence-electron chi connectivity index (χ4n) is 4.01. The Balaban J connectivity index is 1.74. The summed E-state index contributed by atoms with van der Waals surface area (Å²) in [6, 6.07) is 4.02. The summed E-state index contributed by atoms with van der Waals surface area (Å²) in [5.74, 6) is 0.672. The van der Waals surface area contributed by atoms with Crippen molar-refractivity contribution in [3.05, 3.63) is 36.5 Å². The van der Waals surface area contributed by atoms with Gasteiger partial charge in [0.1, 0.15) is 23.6 Å². The molecule has 3 heterocycles. The van der Waals surface area contributed by atoms with Gasteiger partial charge in [0.05, 0.1) is 16.5 Å². The average molecular weight is 447 g/mol. The van der Waals surface area contributed by atoms with Crippen molar-refractivity contribution < 1.29 is 12.8 Å². The van der Waals surface area contributed by atoms with Gasteiger partial charge in [0.2, 0.25) is 0 Å². The molecule has 0 atom stereocenters. The number of aromatic nitrogens is 4. The quantitative estimate of drug-likeness (QED) is 0.622. The third-order valence-corrected chi connectivity index (χ3v) is 6.84. The van der Waals surface area contributed by atoms with E-state index in [1.165, 1.54) is 23.1 Å². The largest absolute Gasteiger partial charge is 0.353 e. The molecule has 0 amide bonds. The summed E-state index contributed by atoms with van der Waals surface area (Å²) in [7, 11) is -3.50. The molecule has 1 saturated heterocycles. The van der Waals surface area contributed by atoms with Crippen LogP contribution in [0.5, 0.6) is 0 Å². The van der Waals surface area contributed by atoms with Gasteiger partial charge in [-0.3, -0.25) is 0 Å². The van der Waals surface area contributed by atoms with Crippen molar-refractivity contribution in [1.29, 1.82) is 0 Å². The molecular weight excluding hydrogens is 419 g/mol. The normalized spacial score (nSPS) is 15.6. The molecule has 10 heteroatoms. The molecule has 0 spiro atoms. The van der Waals surface area contributed by atoms with Crippen LogP contribution in [0.25, 0.3) is 16.7 Å². The first-order valence-electron chi connectivity index (χ1n) is 10.4. The third-order valence-electron chi connectivity index (χ3n) is 5.73. The summed E-state index contributed by atoms with van der Waals surface area (Å²) < 4.78 is 39.6. The minimum atomic E-state index is -3.50. The van der Waals surface area contributed by atoms with E-state index < -0.39 is 15.7 Å². The van der Waals surface area contributed by atoms with Crippen LogP contribution in [0.3, 0.4) is 0 Å². The van der Waals surface area contributed by atoms with Gasteiger partial charge in [0.25, 0.3) is 0 Å². The summed E-state index contributed by atoms with van der Waals surface area (Å²) in [4.78, 5) is 11.1. The lowest BCUT2D eigenvalue weighted by atomic mass is 9.97. The van der Waals surface area contributed by atoms with Crippen molar-refractivity contribution in [2.75, 3.05) is 30.8 Å². The number of hydrogen-bond donors (Lipinski definition) is 1. The highest BCUT2D eigenvalue weighted by Crippen LogP contribution is 2.29. The molecule has 2 aromatic heterocycles. The Morgan fingerprint density at radius 1 is 1.26 bits per heavy atom. The van der Waals surface area contributed by atoms with Crippen LogP contribution < -0.4 is 10.2 Å². The van der Waals surface area contributed by atoms with Crippen molar-refractivity contribution in [2.24, 2.45) is 5.92 Å². The molecule has 8 nitrogen and oxygen atoms in total. The van der Waals surface area contributed by atoms with E-state index in [2.05, 4.69) is 39.1 Å². The number of hydrogen-bond acceptors (Lipinski definition) is 7. The van der Waals surface area contributed by atoms with E-state index >= 15 is 0 Å². The molecule has 0 aliphatic carbocycles. The molecule has 3 aromatic rings. The van der Waals surface area contributed by atoms with E-state index in [1.54, 1.807) is 6.20 Å². The fraction of sp³-hybridized carbons (Fsp3) is 0.476. The summed E-state index contributed by atoms with van der Waals surface area (Å²) in [5, 5.41) is 8.48. The second kappa shape index (κ2) is 8.51. The standard InChI is InChI=1S/C21H27FN6O2S/c1-14(2)27(12-15-6-8-23-9-7-15)20-17-11-26-28(21(17)25-13-24-20)19-5-4-16(10-18(19)22)31(3,29)30/h4-5,10-11,13-15,23H,6-9,12H2,1-3H3. The highest BCUT2D eigenvalue weighted by atomic mass is 32.2. The maximum Gasteiger partial charge on any atom is 0.175 e. The van der Waals surface area contributed by atoms with Crippen molar-refractivity contribution in [3.8, 4) is 5.69 Å².